The Labute approximate surface area is 110 Å². The van der Waals surface area contributed by atoms with Crippen LogP contribution < -0.4 is 5.32 Å². The first kappa shape index (κ1) is 13.7. The first-order valence-corrected chi connectivity index (χ1v) is 6.26. The number of benzene rings is 1. The molecule has 1 aromatic carbocycles. The number of halogens is 2. The van der Waals surface area contributed by atoms with Crippen molar-refractivity contribution < 1.29 is 18.7 Å². The summed E-state index contributed by atoms with van der Waals surface area (Å²) in [5.41, 5.74) is -0.167. The quantitative estimate of drug-likeness (QED) is 0.885. The summed E-state index contributed by atoms with van der Waals surface area (Å²) in [6.07, 6.45) is 2.17. The zero-order valence-corrected chi connectivity index (χ0v) is 10.4. The van der Waals surface area contributed by atoms with Crippen LogP contribution in [0, 0.1) is 11.6 Å². The van der Waals surface area contributed by atoms with Crippen molar-refractivity contribution in [1.29, 1.82) is 0 Å². The van der Waals surface area contributed by atoms with Gasteiger partial charge in [-0.25, -0.2) is 13.6 Å². The van der Waals surface area contributed by atoms with Crippen LogP contribution in [0.2, 0.25) is 0 Å². The van der Waals surface area contributed by atoms with Crippen LogP contribution in [0.4, 0.5) is 19.3 Å². The van der Waals surface area contributed by atoms with E-state index in [9.17, 15) is 13.6 Å². The smallest absolute Gasteiger partial charge is 0.322 e. The van der Waals surface area contributed by atoms with Crippen molar-refractivity contribution in [3.8, 4) is 0 Å². The second-order valence-corrected chi connectivity index (χ2v) is 4.53. The lowest BCUT2D eigenvalue weighted by atomic mass is 10.1. The Morgan fingerprint density at radius 3 is 3.00 bits per heavy atom. The average molecular weight is 270 g/mol. The number of hydrogen-bond donors (Lipinski definition) is 2. The van der Waals surface area contributed by atoms with Gasteiger partial charge in [0, 0.05) is 19.2 Å². The molecule has 104 valence electrons. The Morgan fingerprint density at radius 2 is 2.26 bits per heavy atom. The molecule has 1 heterocycles. The molecule has 0 radical (unpaired) electrons. The number of rotatable bonds is 3. The molecule has 6 heteroatoms. The number of nitrogens with zero attached hydrogens (tertiary/aromatic N) is 1. The van der Waals surface area contributed by atoms with Crippen LogP contribution in [0.15, 0.2) is 18.2 Å². The number of hydrogen-bond acceptors (Lipinski definition) is 2. The van der Waals surface area contributed by atoms with Crippen LogP contribution in [0.5, 0.6) is 0 Å². The van der Waals surface area contributed by atoms with Crippen LogP contribution in [-0.4, -0.2) is 35.2 Å². The summed E-state index contributed by atoms with van der Waals surface area (Å²) in [4.78, 5) is 13.6. The number of urea groups is 1. The molecule has 19 heavy (non-hydrogen) atoms. The third-order valence-corrected chi connectivity index (χ3v) is 3.29. The molecule has 1 atom stereocenters. The van der Waals surface area contributed by atoms with Gasteiger partial charge in [-0.3, -0.25) is 0 Å². The monoisotopic (exact) mass is 270 g/mol. The van der Waals surface area contributed by atoms with Crippen molar-refractivity contribution in [2.75, 3.05) is 18.5 Å². The lowest BCUT2D eigenvalue weighted by Crippen LogP contribution is -2.39. The minimum absolute atomic E-state index is 0.00275. The minimum atomic E-state index is -1.06. The van der Waals surface area contributed by atoms with E-state index < -0.39 is 17.7 Å². The van der Waals surface area contributed by atoms with E-state index >= 15 is 0 Å². The number of aliphatic hydroxyl groups excluding tert-OH is 1. The van der Waals surface area contributed by atoms with Gasteiger partial charge < -0.3 is 15.3 Å². The first-order valence-electron chi connectivity index (χ1n) is 6.26. The maximum Gasteiger partial charge on any atom is 0.322 e. The van der Waals surface area contributed by atoms with Crippen LogP contribution in [0.1, 0.15) is 19.3 Å². The fraction of sp³-hybridized carbons (Fsp3) is 0.462. The average Bonchev–Trinajstić information content (AvgIpc) is 2.84. The molecule has 2 amide bonds. The summed E-state index contributed by atoms with van der Waals surface area (Å²) in [5.74, 6) is -2.06. The van der Waals surface area contributed by atoms with Crippen LogP contribution in [0.25, 0.3) is 0 Å². The molecule has 0 bridgehead atoms. The highest BCUT2D eigenvalue weighted by atomic mass is 19.2. The molecule has 2 rings (SSSR count). The Bertz CT molecular complexity index is 468. The van der Waals surface area contributed by atoms with Gasteiger partial charge in [-0.15, -0.1) is 0 Å². The van der Waals surface area contributed by atoms with Gasteiger partial charge in [0.15, 0.2) is 11.6 Å². The minimum Gasteiger partial charge on any atom is -0.396 e. The predicted octanol–water partition coefficient (Wildman–Crippen LogP) is 2.34. The number of nitrogens with one attached hydrogen (secondary N) is 1. The molecular weight excluding hydrogens is 254 g/mol. The van der Waals surface area contributed by atoms with Crippen molar-refractivity contribution in [3.63, 3.8) is 0 Å². The number of carbonyl (C=O) groups is 1. The zero-order chi connectivity index (χ0) is 13.8. The van der Waals surface area contributed by atoms with Crippen molar-refractivity contribution >= 4 is 11.7 Å². The molecule has 1 aliphatic heterocycles. The predicted molar refractivity (Wildman–Crippen MR) is 66.8 cm³/mol. The van der Waals surface area contributed by atoms with E-state index in [0.717, 1.165) is 18.9 Å². The molecule has 0 aliphatic carbocycles. The van der Waals surface area contributed by atoms with Crippen molar-refractivity contribution in [3.05, 3.63) is 29.8 Å². The Hall–Kier alpha value is -1.69. The van der Waals surface area contributed by atoms with Gasteiger partial charge in [0.05, 0.1) is 5.69 Å². The van der Waals surface area contributed by atoms with E-state index in [1.807, 2.05) is 0 Å². The van der Waals surface area contributed by atoms with Gasteiger partial charge >= 0.3 is 6.03 Å². The molecule has 2 N–H and O–H groups in total. The number of anilines is 1. The van der Waals surface area contributed by atoms with Crippen molar-refractivity contribution in [2.24, 2.45) is 0 Å². The van der Waals surface area contributed by atoms with Crippen molar-refractivity contribution in [2.45, 2.75) is 25.3 Å². The van der Waals surface area contributed by atoms with E-state index in [1.165, 1.54) is 12.1 Å². The fourth-order valence-corrected chi connectivity index (χ4v) is 2.34. The fourth-order valence-electron chi connectivity index (χ4n) is 2.34. The third-order valence-electron chi connectivity index (χ3n) is 3.29. The summed E-state index contributed by atoms with van der Waals surface area (Å²) in [6.45, 7) is 0.566. The first-order chi connectivity index (χ1) is 9.13. The Kier molecular flexibility index (Phi) is 4.31. The molecule has 4 nitrogen and oxygen atoms in total. The second kappa shape index (κ2) is 5.97. The number of amides is 2. The molecule has 0 spiro atoms. The Balaban J connectivity index is 2.06. The lowest BCUT2D eigenvalue weighted by Gasteiger charge is -2.24. The van der Waals surface area contributed by atoms with E-state index in [2.05, 4.69) is 5.32 Å². The summed E-state index contributed by atoms with van der Waals surface area (Å²) in [6, 6.07) is 3.15. The maximum absolute atomic E-state index is 13.4. The van der Waals surface area contributed by atoms with E-state index in [-0.39, 0.29) is 18.3 Å². The summed E-state index contributed by atoms with van der Waals surface area (Å²) >= 11 is 0. The molecule has 0 aromatic heterocycles. The number of aliphatic hydroxyl groups is 1. The molecule has 1 fully saturated rings. The Morgan fingerprint density at radius 1 is 1.47 bits per heavy atom. The summed E-state index contributed by atoms with van der Waals surface area (Å²) in [7, 11) is 0. The van der Waals surface area contributed by atoms with Gasteiger partial charge in [0.25, 0.3) is 0 Å². The van der Waals surface area contributed by atoms with Crippen LogP contribution in [-0.2, 0) is 0 Å². The van der Waals surface area contributed by atoms with Gasteiger partial charge in [0.1, 0.15) is 0 Å². The highest BCUT2D eigenvalue weighted by Crippen LogP contribution is 2.22. The SMILES string of the molecule is O=C(Nc1cccc(F)c1F)N1CCCC1CCO. The van der Waals surface area contributed by atoms with Gasteiger partial charge in [-0.05, 0) is 31.4 Å². The molecular formula is C13H16F2N2O2. The second-order valence-electron chi connectivity index (χ2n) is 4.53. The molecule has 1 unspecified atom stereocenters. The number of carbonyl (C=O) groups excluding carboxylic acids is 1. The van der Waals surface area contributed by atoms with Gasteiger partial charge in [-0.1, -0.05) is 6.07 Å². The van der Waals surface area contributed by atoms with Gasteiger partial charge in [0.2, 0.25) is 0 Å². The van der Waals surface area contributed by atoms with Gasteiger partial charge in [-0.2, -0.15) is 0 Å². The van der Waals surface area contributed by atoms with Crippen molar-refractivity contribution in [1.82, 2.24) is 4.90 Å². The maximum atomic E-state index is 13.4. The molecule has 1 aromatic rings. The molecule has 0 saturated carbocycles. The zero-order valence-electron chi connectivity index (χ0n) is 10.4. The van der Waals surface area contributed by atoms with E-state index in [4.69, 9.17) is 5.11 Å². The number of likely N-dealkylation sites (tertiary alicyclic amines) is 1. The standard InChI is InChI=1S/C13H16F2N2O2/c14-10-4-1-5-11(12(10)15)16-13(19)17-7-2-3-9(17)6-8-18/h1,4-5,9,18H,2-3,6-8H2,(H,16,19). The third kappa shape index (κ3) is 3.01. The molecule has 1 saturated heterocycles. The lowest BCUT2D eigenvalue weighted by molar-refractivity contribution is 0.189. The highest BCUT2D eigenvalue weighted by molar-refractivity contribution is 5.89. The van der Waals surface area contributed by atoms with E-state index in [0.29, 0.717) is 13.0 Å². The normalized spacial score (nSPS) is 18.7. The topological polar surface area (TPSA) is 52.6 Å². The largest absolute Gasteiger partial charge is 0.396 e. The molecule has 1 aliphatic rings. The van der Waals surface area contributed by atoms with E-state index in [1.54, 1.807) is 4.90 Å². The highest BCUT2D eigenvalue weighted by Gasteiger charge is 2.28. The van der Waals surface area contributed by atoms with Crippen LogP contribution >= 0.6 is 0 Å². The summed E-state index contributed by atoms with van der Waals surface area (Å²) < 4.78 is 26.5. The summed E-state index contributed by atoms with van der Waals surface area (Å²) in [5, 5.41) is 11.3. The van der Waals surface area contributed by atoms with Crippen LogP contribution in [0.3, 0.4) is 0 Å².